The quantitative estimate of drug-likeness (QED) is 0.810. The number of hydrogen-bond acceptors (Lipinski definition) is 3. The van der Waals surface area contributed by atoms with E-state index >= 15 is 0 Å². The Morgan fingerprint density at radius 3 is 2.32 bits per heavy atom. The first-order valence-corrected chi connectivity index (χ1v) is 7.34. The molecule has 1 atom stereocenters. The van der Waals surface area contributed by atoms with Gasteiger partial charge in [-0.05, 0) is 11.6 Å². The molecule has 3 heteroatoms. The Hall–Kier alpha value is -2.68. The first-order valence-electron chi connectivity index (χ1n) is 7.34. The summed E-state index contributed by atoms with van der Waals surface area (Å²) in [6.45, 7) is 0.271. The zero-order valence-corrected chi connectivity index (χ0v) is 12.2. The molecule has 2 aromatic rings. The van der Waals surface area contributed by atoms with Gasteiger partial charge in [-0.15, -0.1) is 0 Å². The average Bonchev–Trinajstić information content (AvgIpc) is 2.58. The molecule has 1 unspecified atom stereocenters. The SMILES string of the molecule is O=C1C=CN(CC(=O)c2ccccc2)C(c2ccccc2)C1. The monoisotopic (exact) mass is 291 g/mol. The molecule has 3 nitrogen and oxygen atoms in total. The maximum atomic E-state index is 12.4. The molecule has 1 aliphatic rings. The maximum Gasteiger partial charge on any atom is 0.182 e. The summed E-state index contributed by atoms with van der Waals surface area (Å²) >= 11 is 0. The minimum Gasteiger partial charge on any atom is -0.362 e. The maximum absolute atomic E-state index is 12.4. The van der Waals surface area contributed by atoms with Crippen LogP contribution in [0.5, 0.6) is 0 Å². The van der Waals surface area contributed by atoms with Crippen molar-refractivity contribution in [3.8, 4) is 0 Å². The second-order valence-corrected chi connectivity index (χ2v) is 5.37. The average molecular weight is 291 g/mol. The van der Waals surface area contributed by atoms with E-state index in [-0.39, 0.29) is 24.2 Å². The van der Waals surface area contributed by atoms with E-state index < -0.39 is 0 Å². The van der Waals surface area contributed by atoms with Gasteiger partial charge in [-0.2, -0.15) is 0 Å². The van der Waals surface area contributed by atoms with Crippen LogP contribution in [0.1, 0.15) is 28.4 Å². The summed E-state index contributed by atoms with van der Waals surface area (Å²) in [6, 6.07) is 19.0. The summed E-state index contributed by atoms with van der Waals surface area (Å²) < 4.78 is 0. The van der Waals surface area contributed by atoms with Gasteiger partial charge in [0.15, 0.2) is 11.6 Å². The summed E-state index contributed by atoms with van der Waals surface area (Å²) in [7, 11) is 0. The molecule has 0 saturated carbocycles. The van der Waals surface area contributed by atoms with Crippen LogP contribution >= 0.6 is 0 Å². The van der Waals surface area contributed by atoms with Crippen LogP contribution in [0, 0.1) is 0 Å². The lowest BCUT2D eigenvalue weighted by Crippen LogP contribution is -2.33. The van der Waals surface area contributed by atoms with Crippen LogP contribution in [0.25, 0.3) is 0 Å². The number of nitrogens with zero attached hydrogens (tertiary/aromatic N) is 1. The third-order valence-corrected chi connectivity index (χ3v) is 3.85. The van der Waals surface area contributed by atoms with E-state index in [2.05, 4.69) is 0 Å². The van der Waals surface area contributed by atoms with Gasteiger partial charge in [-0.1, -0.05) is 60.7 Å². The van der Waals surface area contributed by atoms with Crippen LogP contribution in [0.15, 0.2) is 72.9 Å². The van der Waals surface area contributed by atoms with Crippen molar-refractivity contribution in [2.45, 2.75) is 12.5 Å². The summed E-state index contributed by atoms with van der Waals surface area (Å²) in [5.74, 6) is 0.151. The topological polar surface area (TPSA) is 37.4 Å². The highest BCUT2D eigenvalue weighted by atomic mass is 16.1. The van der Waals surface area contributed by atoms with Gasteiger partial charge in [-0.3, -0.25) is 9.59 Å². The molecule has 0 N–H and O–H groups in total. The Kier molecular flexibility index (Phi) is 4.15. The van der Waals surface area contributed by atoms with Gasteiger partial charge in [0.2, 0.25) is 0 Å². The highest BCUT2D eigenvalue weighted by Crippen LogP contribution is 2.28. The van der Waals surface area contributed by atoms with Crippen LogP contribution in [-0.2, 0) is 4.79 Å². The van der Waals surface area contributed by atoms with Crippen molar-refractivity contribution < 1.29 is 9.59 Å². The number of allylic oxidation sites excluding steroid dienone is 1. The molecule has 110 valence electrons. The first-order chi connectivity index (χ1) is 10.7. The third-order valence-electron chi connectivity index (χ3n) is 3.85. The summed E-state index contributed by atoms with van der Waals surface area (Å²) in [6.07, 6.45) is 3.70. The molecule has 22 heavy (non-hydrogen) atoms. The van der Waals surface area contributed by atoms with Crippen LogP contribution in [0.2, 0.25) is 0 Å². The smallest absolute Gasteiger partial charge is 0.182 e. The second kappa shape index (κ2) is 6.39. The zero-order valence-electron chi connectivity index (χ0n) is 12.2. The van der Waals surface area contributed by atoms with Gasteiger partial charge < -0.3 is 4.90 Å². The van der Waals surface area contributed by atoms with Gasteiger partial charge in [-0.25, -0.2) is 0 Å². The lowest BCUT2D eigenvalue weighted by molar-refractivity contribution is -0.116. The molecule has 0 aliphatic carbocycles. The number of benzene rings is 2. The first kappa shape index (κ1) is 14.3. The van der Waals surface area contributed by atoms with Gasteiger partial charge >= 0.3 is 0 Å². The van der Waals surface area contributed by atoms with E-state index in [9.17, 15) is 9.59 Å². The van der Waals surface area contributed by atoms with E-state index in [1.165, 1.54) is 0 Å². The molecule has 0 fully saturated rings. The van der Waals surface area contributed by atoms with Crippen molar-refractivity contribution >= 4 is 11.6 Å². The molecule has 2 aromatic carbocycles. The van der Waals surface area contributed by atoms with Crippen LogP contribution < -0.4 is 0 Å². The lowest BCUT2D eigenvalue weighted by Gasteiger charge is -2.32. The van der Waals surface area contributed by atoms with Crippen molar-refractivity contribution in [1.82, 2.24) is 4.90 Å². The van der Waals surface area contributed by atoms with E-state index in [1.54, 1.807) is 12.3 Å². The number of carbonyl (C=O) groups excluding carboxylic acids is 2. The molecule has 3 rings (SSSR count). The molecule has 0 spiro atoms. The number of rotatable bonds is 4. The fourth-order valence-electron chi connectivity index (χ4n) is 2.69. The summed E-state index contributed by atoms with van der Waals surface area (Å²) in [5.41, 5.74) is 1.75. The molecule has 0 radical (unpaired) electrons. The summed E-state index contributed by atoms with van der Waals surface area (Å²) in [5, 5.41) is 0. The summed E-state index contributed by atoms with van der Waals surface area (Å²) in [4.78, 5) is 26.1. The Morgan fingerprint density at radius 1 is 1.00 bits per heavy atom. The third kappa shape index (κ3) is 3.14. The van der Waals surface area contributed by atoms with E-state index in [0.717, 1.165) is 5.56 Å². The van der Waals surface area contributed by atoms with E-state index in [1.807, 2.05) is 65.6 Å². The van der Waals surface area contributed by atoms with Crippen LogP contribution in [0.3, 0.4) is 0 Å². The Labute approximate surface area is 129 Å². The molecular weight excluding hydrogens is 274 g/mol. The predicted octanol–water partition coefficient (Wildman–Crippen LogP) is 3.40. The molecule has 0 amide bonds. The van der Waals surface area contributed by atoms with E-state index in [0.29, 0.717) is 12.0 Å². The molecule has 0 bridgehead atoms. The lowest BCUT2D eigenvalue weighted by atomic mass is 9.96. The Morgan fingerprint density at radius 2 is 1.64 bits per heavy atom. The standard InChI is InChI=1S/C19H17NO2/c21-17-11-12-20(14-19(22)16-9-5-2-6-10-16)18(13-17)15-7-3-1-4-8-15/h1-12,18H,13-14H2. The van der Waals surface area contributed by atoms with E-state index in [4.69, 9.17) is 0 Å². The highest BCUT2D eigenvalue weighted by molar-refractivity contribution is 5.98. The minimum atomic E-state index is -0.0774. The molecular formula is C19H17NO2. The Balaban J connectivity index is 1.82. The zero-order chi connectivity index (χ0) is 15.4. The van der Waals surface area contributed by atoms with Crippen molar-refractivity contribution in [3.63, 3.8) is 0 Å². The van der Waals surface area contributed by atoms with Crippen molar-refractivity contribution in [2.24, 2.45) is 0 Å². The fourth-order valence-corrected chi connectivity index (χ4v) is 2.69. The van der Waals surface area contributed by atoms with Crippen LogP contribution in [-0.4, -0.2) is 23.0 Å². The highest BCUT2D eigenvalue weighted by Gasteiger charge is 2.25. The van der Waals surface area contributed by atoms with Crippen molar-refractivity contribution in [1.29, 1.82) is 0 Å². The van der Waals surface area contributed by atoms with Gasteiger partial charge in [0.1, 0.15) is 0 Å². The molecule has 0 saturated heterocycles. The fraction of sp³-hybridized carbons (Fsp3) is 0.158. The minimum absolute atomic E-state index is 0.0560. The molecule has 1 heterocycles. The second-order valence-electron chi connectivity index (χ2n) is 5.37. The van der Waals surface area contributed by atoms with Crippen molar-refractivity contribution in [3.05, 3.63) is 84.1 Å². The number of ketones is 2. The number of hydrogen-bond donors (Lipinski definition) is 0. The Bertz CT molecular complexity index is 692. The molecule has 0 aromatic heterocycles. The normalized spacial score (nSPS) is 17.5. The molecule has 1 aliphatic heterocycles. The van der Waals surface area contributed by atoms with Gasteiger partial charge in [0.25, 0.3) is 0 Å². The number of carbonyl (C=O) groups is 2. The van der Waals surface area contributed by atoms with Crippen molar-refractivity contribution in [2.75, 3.05) is 6.54 Å². The van der Waals surface area contributed by atoms with Crippen LogP contribution in [0.4, 0.5) is 0 Å². The predicted molar refractivity (Wildman–Crippen MR) is 85.4 cm³/mol. The largest absolute Gasteiger partial charge is 0.362 e. The van der Waals surface area contributed by atoms with Gasteiger partial charge in [0.05, 0.1) is 12.6 Å². The van der Waals surface area contributed by atoms with Gasteiger partial charge in [0, 0.05) is 18.2 Å². The number of Topliss-reactive ketones (excluding diaryl/α,β-unsaturated/α-hetero) is 1.